The SMILES string of the molecule is Cc1ccc(Nc2c(N)c(C)nn2C(C)C)c(C)c1. The fourth-order valence-electron chi connectivity index (χ4n) is 2.14. The molecule has 0 amide bonds. The van der Waals surface area contributed by atoms with Gasteiger partial charge in [0.05, 0.1) is 11.4 Å². The van der Waals surface area contributed by atoms with Crippen LogP contribution in [0.1, 0.15) is 36.7 Å². The van der Waals surface area contributed by atoms with Crippen LogP contribution in [0.3, 0.4) is 0 Å². The third-order valence-electron chi connectivity index (χ3n) is 3.26. The van der Waals surface area contributed by atoms with Crippen LogP contribution in [-0.4, -0.2) is 9.78 Å². The van der Waals surface area contributed by atoms with Crippen LogP contribution in [0, 0.1) is 20.8 Å². The van der Waals surface area contributed by atoms with Crippen molar-refractivity contribution in [2.75, 3.05) is 11.1 Å². The Balaban J connectivity index is 2.43. The summed E-state index contributed by atoms with van der Waals surface area (Å²) in [6, 6.07) is 6.59. The summed E-state index contributed by atoms with van der Waals surface area (Å²) in [5.74, 6) is 0.874. The molecule has 2 aromatic rings. The summed E-state index contributed by atoms with van der Waals surface area (Å²) in [7, 11) is 0. The molecule has 0 aliphatic carbocycles. The van der Waals surface area contributed by atoms with Crippen LogP contribution in [0.15, 0.2) is 18.2 Å². The van der Waals surface area contributed by atoms with E-state index < -0.39 is 0 Å². The monoisotopic (exact) mass is 258 g/mol. The lowest BCUT2D eigenvalue weighted by Crippen LogP contribution is -2.08. The van der Waals surface area contributed by atoms with E-state index in [-0.39, 0.29) is 6.04 Å². The maximum absolute atomic E-state index is 6.12. The number of hydrogen-bond acceptors (Lipinski definition) is 3. The van der Waals surface area contributed by atoms with E-state index in [1.54, 1.807) is 0 Å². The molecule has 0 saturated carbocycles. The van der Waals surface area contributed by atoms with Gasteiger partial charge in [-0.1, -0.05) is 17.7 Å². The molecule has 3 N–H and O–H groups in total. The second kappa shape index (κ2) is 4.96. The van der Waals surface area contributed by atoms with E-state index in [0.717, 1.165) is 17.2 Å². The number of rotatable bonds is 3. The highest BCUT2D eigenvalue weighted by Crippen LogP contribution is 2.30. The first kappa shape index (κ1) is 13.5. The van der Waals surface area contributed by atoms with E-state index in [9.17, 15) is 0 Å². The van der Waals surface area contributed by atoms with Crippen molar-refractivity contribution < 1.29 is 0 Å². The third-order valence-corrected chi connectivity index (χ3v) is 3.26. The topological polar surface area (TPSA) is 55.9 Å². The quantitative estimate of drug-likeness (QED) is 0.882. The Labute approximate surface area is 114 Å². The van der Waals surface area contributed by atoms with Crippen molar-refractivity contribution in [1.82, 2.24) is 9.78 Å². The van der Waals surface area contributed by atoms with Gasteiger partial charge in [0.25, 0.3) is 0 Å². The maximum atomic E-state index is 6.12. The van der Waals surface area contributed by atoms with Gasteiger partial charge in [0, 0.05) is 11.7 Å². The minimum absolute atomic E-state index is 0.268. The van der Waals surface area contributed by atoms with Crippen LogP contribution >= 0.6 is 0 Å². The zero-order chi connectivity index (χ0) is 14.2. The Morgan fingerprint density at radius 3 is 2.47 bits per heavy atom. The number of nitrogens with zero attached hydrogens (tertiary/aromatic N) is 2. The Hall–Kier alpha value is -1.97. The number of aromatic nitrogens is 2. The van der Waals surface area contributed by atoms with Crippen LogP contribution in [-0.2, 0) is 0 Å². The summed E-state index contributed by atoms with van der Waals surface area (Å²) in [5.41, 5.74) is 11.2. The number of nitrogens with one attached hydrogen (secondary N) is 1. The molecule has 0 atom stereocenters. The number of aryl methyl sites for hydroxylation is 3. The molecule has 0 saturated heterocycles. The molecule has 0 radical (unpaired) electrons. The molecule has 2 rings (SSSR count). The van der Waals surface area contributed by atoms with Gasteiger partial charge in [-0.25, -0.2) is 4.68 Å². The molecular weight excluding hydrogens is 236 g/mol. The first-order valence-electron chi connectivity index (χ1n) is 6.59. The second-order valence-electron chi connectivity index (χ2n) is 5.33. The lowest BCUT2D eigenvalue weighted by Gasteiger charge is -2.15. The van der Waals surface area contributed by atoms with Gasteiger partial charge >= 0.3 is 0 Å². The van der Waals surface area contributed by atoms with E-state index in [4.69, 9.17) is 5.73 Å². The molecule has 4 nitrogen and oxygen atoms in total. The molecule has 0 spiro atoms. The number of benzene rings is 1. The van der Waals surface area contributed by atoms with Crippen molar-refractivity contribution in [3.63, 3.8) is 0 Å². The first-order valence-corrected chi connectivity index (χ1v) is 6.59. The molecule has 1 heterocycles. The summed E-state index contributed by atoms with van der Waals surface area (Å²) >= 11 is 0. The van der Waals surface area contributed by atoms with Crippen molar-refractivity contribution in [3.8, 4) is 0 Å². The van der Waals surface area contributed by atoms with Crippen molar-refractivity contribution in [1.29, 1.82) is 0 Å². The summed E-state index contributed by atoms with van der Waals surface area (Å²) in [5, 5.41) is 7.90. The van der Waals surface area contributed by atoms with E-state index in [1.807, 2.05) is 11.6 Å². The lowest BCUT2D eigenvalue weighted by molar-refractivity contribution is 0.536. The highest BCUT2D eigenvalue weighted by molar-refractivity contribution is 5.72. The molecule has 1 aromatic carbocycles. The van der Waals surface area contributed by atoms with Crippen molar-refractivity contribution in [2.45, 2.75) is 40.7 Å². The standard InChI is InChI=1S/C15H22N4/c1-9(2)19-15(14(16)12(5)18-19)17-13-7-6-10(3)8-11(13)4/h6-9,17H,16H2,1-5H3. The zero-order valence-electron chi connectivity index (χ0n) is 12.3. The minimum atomic E-state index is 0.268. The van der Waals surface area contributed by atoms with Gasteiger partial charge in [-0.15, -0.1) is 0 Å². The van der Waals surface area contributed by atoms with Gasteiger partial charge in [-0.2, -0.15) is 5.10 Å². The molecule has 102 valence electrons. The Kier molecular flexibility index (Phi) is 3.51. The van der Waals surface area contributed by atoms with Gasteiger partial charge in [0.2, 0.25) is 0 Å². The molecule has 0 unspecified atom stereocenters. The first-order chi connectivity index (χ1) is 8.90. The maximum Gasteiger partial charge on any atom is 0.152 e. The largest absolute Gasteiger partial charge is 0.394 e. The second-order valence-corrected chi connectivity index (χ2v) is 5.33. The Bertz CT molecular complexity index is 596. The average molecular weight is 258 g/mol. The van der Waals surface area contributed by atoms with E-state index in [2.05, 4.69) is 56.3 Å². The van der Waals surface area contributed by atoms with Gasteiger partial charge < -0.3 is 11.1 Å². The summed E-state index contributed by atoms with van der Waals surface area (Å²) < 4.78 is 1.93. The molecule has 0 aliphatic rings. The van der Waals surface area contributed by atoms with Crippen LogP contribution in [0.25, 0.3) is 0 Å². The highest BCUT2D eigenvalue weighted by Gasteiger charge is 2.15. The normalized spacial score (nSPS) is 11.1. The van der Waals surface area contributed by atoms with E-state index in [1.165, 1.54) is 11.1 Å². The van der Waals surface area contributed by atoms with E-state index in [0.29, 0.717) is 5.69 Å². The molecule has 19 heavy (non-hydrogen) atoms. The highest BCUT2D eigenvalue weighted by atomic mass is 15.4. The van der Waals surface area contributed by atoms with E-state index >= 15 is 0 Å². The summed E-state index contributed by atoms with van der Waals surface area (Å²) in [6.07, 6.45) is 0. The molecule has 1 aromatic heterocycles. The van der Waals surface area contributed by atoms with Crippen LogP contribution in [0.5, 0.6) is 0 Å². The number of nitrogen functional groups attached to an aromatic ring is 1. The molecule has 0 bridgehead atoms. The number of anilines is 3. The predicted molar refractivity (Wildman–Crippen MR) is 81.0 cm³/mol. The van der Waals surface area contributed by atoms with Crippen LogP contribution in [0.4, 0.5) is 17.2 Å². The van der Waals surface area contributed by atoms with Crippen molar-refractivity contribution >= 4 is 17.2 Å². The molecule has 0 aliphatic heterocycles. The average Bonchev–Trinajstić information content (AvgIpc) is 2.61. The number of hydrogen-bond donors (Lipinski definition) is 2. The van der Waals surface area contributed by atoms with Gasteiger partial charge in [-0.3, -0.25) is 0 Å². The minimum Gasteiger partial charge on any atom is -0.394 e. The third kappa shape index (κ3) is 2.57. The summed E-state index contributed by atoms with van der Waals surface area (Å²) in [4.78, 5) is 0. The van der Waals surface area contributed by atoms with Gasteiger partial charge in [-0.05, 0) is 46.2 Å². The smallest absolute Gasteiger partial charge is 0.152 e. The predicted octanol–water partition coefficient (Wildman–Crippen LogP) is 3.72. The van der Waals surface area contributed by atoms with Crippen LogP contribution in [0.2, 0.25) is 0 Å². The fourth-order valence-corrected chi connectivity index (χ4v) is 2.14. The van der Waals surface area contributed by atoms with Gasteiger partial charge in [0.1, 0.15) is 0 Å². The summed E-state index contributed by atoms with van der Waals surface area (Å²) in [6.45, 7) is 10.3. The van der Waals surface area contributed by atoms with Crippen molar-refractivity contribution in [3.05, 3.63) is 35.0 Å². The zero-order valence-corrected chi connectivity index (χ0v) is 12.3. The molecule has 0 fully saturated rings. The molecular formula is C15H22N4. The van der Waals surface area contributed by atoms with Crippen LogP contribution < -0.4 is 11.1 Å². The lowest BCUT2D eigenvalue weighted by atomic mass is 10.1. The van der Waals surface area contributed by atoms with Crippen molar-refractivity contribution in [2.24, 2.45) is 0 Å². The Morgan fingerprint density at radius 1 is 1.21 bits per heavy atom. The number of nitrogens with two attached hydrogens (primary N) is 1. The molecule has 4 heteroatoms. The van der Waals surface area contributed by atoms with Gasteiger partial charge in [0.15, 0.2) is 5.82 Å². The Morgan fingerprint density at radius 2 is 1.89 bits per heavy atom. The fraction of sp³-hybridized carbons (Fsp3) is 0.400.